The third-order valence-electron chi connectivity index (χ3n) is 2.19. The van der Waals surface area contributed by atoms with Crippen LogP contribution in [-0.4, -0.2) is 25.2 Å². The number of rotatable bonds is 5. The van der Waals surface area contributed by atoms with Gasteiger partial charge in [-0.05, 0) is 28.0 Å². The second-order valence-electron chi connectivity index (χ2n) is 4.32. The molecule has 0 aliphatic rings. The van der Waals surface area contributed by atoms with Gasteiger partial charge in [-0.2, -0.15) is 0 Å². The highest BCUT2D eigenvalue weighted by molar-refractivity contribution is 7.98. The third kappa shape index (κ3) is 3.68. The molecule has 0 aliphatic carbocycles. The lowest BCUT2D eigenvalue weighted by atomic mass is 10.2. The summed E-state index contributed by atoms with van der Waals surface area (Å²) in [6, 6.07) is 3.74. The number of thioether (sulfide) groups is 1. The summed E-state index contributed by atoms with van der Waals surface area (Å²) in [5.41, 5.74) is 1.10. The molecule has 2 heterocycles. The second kappa shape index (κ2) is 6.15. The van der Waals surface area contributed by atoms with Crippen molar-refractivity contribution in [3.05, 3.63) is 29.0 Å². The molecule has 0 saturated carbocycles. The fourth-order valence-corrected chi connectivity index (χ4v) is 2.33. The van der Waals surface area contributed by atoms with Crippen LogP contribution in [0.2, 0.25) is 5.15 Å². The second-order valence-corrected chi connectivity index (χ2v) is 5.65. The van der Waals surface area contributed by atoms with E-state index in [0.717, 1.165) is 23.0 Å². The highest BCUT2D eigenvalue weighted by Crippen LogP contribution is 2.20. The Morgan fingerprint density at radius 1 is 1.39 bits per heavy atom. The molecule has 0 amide bonds. The summed E-state index contributed by atoms with van der Waals surface area (Å²) in [4.78, 5) is 4.04. The highest BCUT2D eigenvalue weighted by atomic mass is 35.5. The van der Waals surface area contributed by atoms with Crippen molar-refractivity contribution in [1.29, 1.82) is 0 Å². The zero-order valence-electron chi connectivity index (χ0n) is 10.2. The average Bonchev–Trinajstić information content (AvgIpc) is 2.75. The van der Waals surface area contributed by atoms with E-state index in [1.165, 1.54) is 0 Å². The number of nitrogens with zero attached hydrogens (tertiary/aromatic N) is 5. The van der Waals surface area contributed by atoms with Gasteiger partial charge in [0.1, 0.15) is 5.15 Å². The lowest BCUT2D eigenvalue weighted by Crippen LogP contribution is -2.07. The van der Waals surface area contributed by atoms with Crippen LogP contribution in [0.3, 0.4) is 0 Å². The lowest BCUT2D eigenvalue weighted by molar-refractivity contribution is 0.446. The van der Waals surface area contributed by atoms with Gasteiger partial charge in [0.15, 0.2) is 0 Å². The van der Waals surface area contributed by atoms with Gasteiger partial charge in [-0.1, -0.05) is 43.3 Å². The van der Waals surface area contributed by atoms with Crippen LogP contribution < -0.4 is 0 Å². The first-order valence-electron chi connectivity index (χ1n) is 5.64. The number of hydrogen-bond donors (Lipinski definition) is 0. The van der Waals surface area contributed by atoms with E-state index < -0.39 is 0 Å². The molecule has 0 N–H and O–H groups in total. The van der Waals surface area contributed by atoms with Crippen LogP contribution in [0.1, 0.15) is 19.4 Å². The van der Waals surface area contributed by atoms with Gasteiger partial charge in [0.2, 0.25) is 5.16 Å². The standard InChI is InChI=1S/C11H14ClN5S/c1-8(2)6-17-11(14-15-16-17)18-7-9-3-4-10(12)13-5-9/h3-5,8H,6-7H2,1-2H3. The predicted molar refractivity (Wildman–Crippen MR) is 71.5 cm³/mol. The monoisotopic (exact) mass is 283 g/mol. The van der Waals surface area contributed by atoms with Gasteiger partial charge >= 0.3 is 0 Å². The van der Waals surface area contributed by atoms with Gasteiger partial charge in [-0.3, -0.25) is 0 Å². The van der Waals surface area contributed by atoms with Crippen molar-refractivity contribution in [2.24, 2.45) is 5.92 Å². The van der Waals surface area contributed by atoms with Crippen molar-refractivity contribution in [1.82, 2.24) is 25.2 Å². The summed E-state index contributed by atoms with van der Waals surface area (Å²) in [6.07, 6.45) is 1.77. The Hall–Kier alpha value is -1.14. The molecule has 0 atom stereocenters. The minimum Gasteiger partial charge on any atom is -0.244 e. The van der Waals surface area contributed by atoms with Crippen LogP contribution in [0.25, 0.3) is 0 Å². The van der Waals surface area contributed by atoms with Crippen LogP contribution >= 0.6 is 23.4 Å². The van der Waals surface area contributed by atoms with E-state index in [1.54, 1.807) is 24.0 Å². The molecule has 7 heteroatoms. The van der Waals surface area contributed by atoms with Gasteiger partial charge in [-0.25, -0.2) is 9.67 Å². The number of aromatic nitrogens is 5. The van der Waals surface area contributed by atoms with Crippen molar-refractivity contribution in [3.8, 4) is 0 Å². The minimum atomic E-state index is 0.508. The summed E-state index contributed by atoms with van der Waals surface area (Å²) in [6.45, 7) is 5.10. The van der Waals surface area contributed by atoms with Crippen LogP contribution in [0, 0.1) is 5.92 Å². The van der Waals surface area contributed by atoms with E-state index in [9.17, 15) is 0 Å². The first-order chi connectivity index (χ1) is 8.65. The summed E-state index contributed by atoms with van der Waals surface area (Å²) in [5, 5.41) is 13.0. The third-order valence-corrected chi connectivity index (χ3v) is 3.45. The molecule has 0 spiro atoms. The van der Waals surface area contributed by atoms with Crippen LogP contribution in [0.4, 0.5) is 0 Å². The van der Waals surface area contributed by atoms with E-state index in [0.29, 0.717) is 11.1 Å². The molecular formula is C11H14ClN5S. The molecule has 0 aliphatic heterocycles. The number of pyridine rings is 1. The van der Waals surface area contributed by atoms with Crippen molar-refractivity contribution >= 4 is 23.4 Å². The minimum absolute atomic E-state index is 0.508. The SMILES string of the molecule is CC(C)Cn1nnnc1SCc1ccc(Cl)nc1. The molecule has 0 unspecified atom stereocenters. The molecular weight excluding hydrogens is 270 g/mol. The Morgan fingerprint density at radius 2 is 2.22 bits per heavy atom. The molecule has 2 aromatic heterocycles. The largest absolute Gasteiger partial charge is 0.244 e. The van der Waals surface area contributed by atoms with E-state index in [4.69, 9.17) is 11.6 Å². The van der Waals surface area contributed by atoms with E-state index in [-0.39, 0.29) is 0 Å². The molecule has 0 saturated heterocycles. The van der Waals surface area contributed by atoms with Crippen molar-refractivity contribution < 1.29 is 0 Å². The maximum absolute atomic E-state index is 5.74. The normalized spacial score (nSPS) is 11.1. The smallest absolute Gasteiger partial charge is 0.209 e. The first-order valence-corrected chi connectivity index (χ1v) is 7.01. The maximum Gasteiger partial charge on any atom is 0.209 e. The summed E-state index contributed by atoms with van der Waals surface area (Å²) in [7, 11) is 0. The topological polar surface area (TPSA) is 56.5 Å². The molecule has 0 aromatic carbocycles. The molecule has 0 bridgehead atoms. The zero-order chi connectivity index (χ0) is 13.0. The molecule has 0 radical (unpaired) electrons. The Labute approximate surface area is 115 Å². The molecule has 2 aromatic rings. The summed E-state index contributed by atoms with van der Waals surface area (Å²) >= 11 is 7.34. The van der Waals surface area contributed by atoms with Crippen LogP contribution in [0.5, 0.6) is 0 Å². The van der Waals surface area contributed by atoms with E-state index in [1.807, 2.05) is 10.7 Å². The van der Waals surface area contributed by atoms with Crippen molar-refractivity contribution in [2.45, 2.75) is 31.3 Å². The van der Waals surface area contributed by atoms with Gasteiger partial charge in [-0.15, -0.1) is 5.10 Å². The number of halogens is 1. The average molecular weight is 284 g/mol. The Balaban J connectivity index is 1.97. The van der Waals surface area contributed by atoms with Crippen molar-refractivity contribution in [2.75, 3.05) is 0 Å². The number of hydrogen-bond acceptors (Lipinski definition) is 5. The van der Waals surface area contributed by atoms with E-state index >= 15 is 0 Å². The Kier molecular flexibility index (Phi) is 4.54. The fourth-order valence-electron chi connectivity index (χ4n) is 1.40. The van der Waals surface area contributed by atoms with Crippen molar-refractivity contribution in [3.63, 3.8) is 0 Å². The Morgan fingerprint density at radius 3 is 2.89 bits per heavy atom. The molecule has 18 heavy (non-hydrogen) atoms. The fraction of sp³-hybridized carbons (Fsp3) is 0.455. The van der Waals surface area contributed by atoms with Gasteiger partial charge in [0.25, 0.3) is 0 Å². The lowest BCUT2D eigenvalue weighted by Gasteiger charge is -2.06. The van der Waals surface area contributed by atoms with E-state index in [2.05, 4.69) is 34.4 Å². The maximum atomic E-state index is 5.74. The molecule has 5 nitrogen and oxygen atoms in total. The van der Waals surface area contributed by atoms with Crippen LogP contribution in [-0.2, 0) is 12.3 Å². The van der Waals surface area contributed by atoms with Crippen LogP contribution in [0.15, 0.2) is 23.5 Å². The van der Waals surface area contributed by atoms with Gasteiger partial charge < -0.3 is 0 Å². The molecule has 2 rings (SSSR count). The highest BCUT2D eigenvalue weighted by Gasteiger charge is 2.08. The summed E-state index contributed by atoms with van der Waals surface area (Å²) in [5.74, 6) is 1.30. The molecule has 96 valence electrons. The van der Waals surface area contributed by atoms with Gasteiger partial charge in [0.05, 0.1) is 0 Å². The first kappa shape index (κ1) is 13.3. The zero-order valence-corrected chi connectivity index (χ0v) is 11.8. The summed E-state index contributed by atoms with van der Waals surface area (Å²) < 4.78 is 1.83. The molecule has 0 fully saturated rings. The quantitative estimate of drug-likeness (QED) is 0.624. The number of tetrazole rings is 1. The predicted octanol–water partition coefficient (Wildman–Crippen LogP) is 2.67. The Bertz CT molecular complexity index is 496. The van der Waals surface area contributed by atoms with Gasteiger partial charge in [0, 0.05) is 18.5 Å².